The van der Waals surface area contributed by atoms with E-state index in [1.54, 1.807) is 17.5 Å². The largest absolute Gasteiger partial charge is 0.329 e. The first-order chi connectivity index (χ1) is 8.94. The minimum Gasteiger partial charge on any atom is -0.329 e. The Morgan fingerprint density at radius 1 is 1.21 bits per heavy atom. The van der Waals surface area contributed by atoms with Crippen LogP contribution in [0.15, 0.2) is 34.6 Å². The van der Waals surface area contributed by atoms with Gasteiger partial charge in [0.2, 0.25) is 0 Å². The van der Waals surface area contributed by atoms with E-state index in [0.717, 1.165) is 17.2 Å². The molecule has 0 unspecified atom stereocenters. The number of fused-ring (bicyclic) bond motifs is 2. The van der Waals surface area contributed by atoms with Crippen molar-refractivity contribution < 1.29 is 0 Å². The van der Waals surface area contributed by atoms with Crippen LogP contribution in [0.3, 0.4) is 0 Å². The summed E-state index contributed by atoms with van der Waals surface area (Å²) in [6.45, 7) is 6.72. The van der Waals surface area contributed by atoms with Crippen LogP contribution in [0.4, 0.5) is 0 Å². The van der Waals surface area contributed by atoms with E-state index in [4.69, 9.17) is 0 Å². The molecule has 3 aromatic rings. The summed E-state index contributed by atoms with van der Waals surface area (Å²) in [7, 11) is 0. The van der Waals surface area contributed by atoms with Gasteiger partial charge in [0.25, 0.3) is 5.56 Å². The van der Waals surface area contributed by atoms with Crippen LogP contribution >= 0.6 is 11.3 Å². The van der Waals surface area contributed by atoms with Gasteiger partial charge in [-0.3, -0.25) is 4.79 Å². The van der Waals surface area contributed by atoms with Crippen LogP contribution in [-0.2, 0) is 6.42 Å². The second-order valence-electron chi connectivity index (χ2n) is 6.24. The van der Waals surface area contributed by atoms with Gasteiger partial charge < -0.3 is 4.98 Å². The van der Waals surface area contributed by atoms with Crippen LogP contribution in [0.2, 0.25) is 0 Å². The quantitative estimate of drug-likeness (QED) is 0.702. The van der Waals surface area contributed by atoms with E-state index in [9.17, 15) is 4.79 Å². The van der Waals surface area contributed by atoms with Crippen LogP contribution in [-0.4, -0.2) is 4.98 Å². The van der Waals surface area contributed by atoms with E-state index in [1.165, 1.54) is 15.6 Å². The van der Waals surface area contributed by atoms with Crippen molar-refractivity contribution >= 4 is 32.2 Å². The van der Waals surface area contributed by atoms with Crippen molar-refractivity contribution in [3.63, 3.8) is 0 Å². The van der Waals surface area contributed by atoms with Gasteiger partial charge in [-0.15, -0.1) is 11.3 Å². The minimum atomic E-state index is -0.00712. The summed E-state index contributed by atoms with van der Waals surface area (Å²) in [6.07, 6.45) is 2.74. The van der Waals surface area contributed by atoms with E-state index in [2.05, 4.69) is 37.2 Å². The maximum absolute atomic E-state index is 11.9. The van der Waals surface area contributed by atoms with Gasteiger partial charge in [-0.25, -0.2) is 0 Å². The number of aromatic amines is 1. The van der Waals surface area contributed by atoms with Gasteiger partial charge in [0, 0.05) is 16.3 Å². The number of nitrogens with one attached hydrogen (secondary N) is 1. The van der Waals surface area contributed by atoms with Crippen molar-refractivity contribution in [3.8, 4) is 0 Å². The molecule has 3 rings (SSSR count). The molecule has 3 heteroatoms. The van der Waals surface area contributed by atoms with Gasteiger partial charge in [-0.2, -0.15) is 0 Å². The third-order valence-electron chi connectivity index (χ3n) is 3.27. The fraction of sp³-hybridized carbons (Fsp3) is 0.312. The first-order valence-electron chi connectivity index (χ1n) is 6.46. The second kappa shape index (κ2) is 4.20. The number of pyridine rings is 1. The summed E-state index contributed by atoms with van der Waals surface area (Å²) in [5.74, 6) is 0. The zero-order valence-electron chi connectivity index (χ0n) is 11.4. The molecule has 19 heavy (non-hydrogen) atoms. The zero-order valence-corrected chi connectivity index (χ0v) is 12.2. The van der Waals surface area contributed by atoms with E-state index in [0.29, 0.717) is 0 Å². The number of hydrogen-bond acceptors (Lipinski definition) is 2. The van der Waals surface area contributed by atoms with Gasteiger partial charge in [0.1, 0.15) is 0 Å². The lowest BCUT2D eigenvalue weighted by Gasteiger charge is -2.17. The lowest BCUT2D eigenvalue weighted by molar-refractivity contribution is 0.413. The standard InChI is InChI=1S/C16H17NOS/c1-16(2,3)8-11-9-19-14-6-10-4-5-17-15(18)13(10)7-12(11)14/h4-7,9H,8H2,1-3H3,(H,17,18). The van der Waals surface area contributed by atoms with Crippen LogP contribution in [0.5, 0.6) is 0 Å². The van der Waals surface area contributed by atoms with Crippen LogP contribution < -0.4 is 5.56 Å². The molecule has 1 N–H and O–H groups in total. The Labute approximate surface area is 116 Å². The Balaban J connectivity index is 2.28. The molecule has 0 radical (unpaired) electrons. The average Bonchev–Trinajstić information content (AvgIpc) is 2.68. The molecule has 0 aliphatic rings. The summed E-state index contributed by atoms with van der Waals surface area (Å²) in [4.78, 5) is 14.6. The van der Waals surface area contributed by atoms with Crippen molar-refractivity contribution in [3.05, 3.63) is 45.7 Å². The predicted molar refractivity (Wildman–Crippen MR) is 83.1 cm³/mol. The lowest BCUT2D eigenvalue weighted by Crippen LogP contribution is -2.08. The van der Waals surface area contributed by atoms with E-state index < -0.39 is 0 Å². The molecule has 0 saturated heterocycles. The number of aromatic nitrogens is 1. The Morgan fingerprint density at radius 2 is 2.00 bits per heavy atom. The Hall–Kier alpha value is -1.61. The van der Waals surface area contributed by atoms with Crippen molar-refractivity contribution in [2.24, 2.45) is 5.41 Å². The van der Waals surface area contributed by atoms with Crippen LogP contribution in [0.1, 0.15) is 26.3 Å². The molecular weight excluding hydrogens is 254 g/mol. The maximum Gasteiger partial charge on any atom is 0.255 e. The molecule has 0 bridgehead atoms. The first-order valence-corrected chi connectivity index (χ1v) is 7.33. The highest BCUT2D eigenvalue weighted by Gasteiger charge is 2.15. The fourth-order valence-electron chi connectivity index (χ4n) is 2.47. The van der Waals surface area contributed by atoms with Gasteiger partial charge >= 0.3 is 0 Å². The maximum atomic E-state index is 11.9. The summed E-state index contributed by atoms with van der Waals surface area (Å²) in [5, 5.41) is 5.25. The van der Waals surface area contributed by atoms with Crippen molar-refractivity contribution in [2.45, 2.75) is 27.2 Å². The number of hydrogen-bond donors (Lipinski definition) is 1. The zero-order chi connectivity index (χ0) is 13.6. The number of thiophene rings is 1. The topological polar surface area (TPSA) is 32.9 Å². The number of benzene rings is 1. The molecule has 0 atom stereocenters. The van der Waals surface area contributed by atoms with Gasteiger partial charge in [0.05, 0.1) is 0 Å². The monoisotopic (exact) mass is 271 g/mol. The van der Waals surface area contributed by atoms with Crippen molar-refractivity contribution in [2.75, 3.05) is 0 Å². The fourth-order valence-corrected chi connectivity index (χ4v) is 3.46. The summed E-state index contributed by atoms with van der Waals surface area (Å²) in [5.41, 5.74) is 1.59. The van der Waals surface area contributed by atoms with E-state index in [1.807, 2.05) is 12.1 Å². The third-order valence-corrected chi connectivity index (χ3v) is 4.26. The molecule has 0 saturated carbocycles. The molecule has 0 amide bonds. The average molecular weight is 271 g/mol. The molecule has 1 aromatic carbocycles. The molecule has 2 aromatic heterocycles. The third kappa shape index (κ3) is 2.30. The Bertz CT molecular complexity index is 805. The molecule has 2 nitrogen and oxygen atoms in total. The molecule has 2 heterocycles. The smallest absolute Gasteiger partial charge is 0.255 e. The Kier molecular flexibility index (Phi) is 2.75. The highest BCUT2D eigenvalue weighted by molar-refractivity contribution is 7.17. The lowest BCUT2D eigenvalue weighted by atomic mass is 9.88. The normalized spacial score (nSPS) is 12.4. The van der Waals surface area contributed by atoms with Gasteiger partial charge in [0.15, 0.2) is 0 Å². The highest BCUT2D eigenvalue weighted by atomic mass is 32.1. The molecule has 0 aliphatic carbocycles. The Morgan fingerprint density at radius 3 is 2.74 bits per heavy atom. The molecule has 98 valence electrons. The first kappa shape index (κ1) is 12.4. The van der Waals surface area contributed by atoms with Crippen molar-refractivity contribution in [1.29, 1.82) is 0 Å². The number of rotatable bonds is 1. The summed E-state index contributed by atoms with van der Waals surface area (Å²) >= 11 is 1.76. The van der Waals surface area contributed by atoms with Gasteiger partial charge in [-0.05, 0) is 51.8 Å². The van der Waals surface area contributed by atoms with Crippen LogP contribution in [0, 0.1) is 5.41 Å². The number of H-pyrrole nitrogens is 1. The highest BCUT2D eigenvalue weighted by Crippen LogP contribution is 2.33. The minimum absolute atomic E-state index is 0.00712. The predicted octanol–water partition coefficient (Wildman–Crippen LogP) is 4.33. The second-order valence-corrected chi connectivity index (χ2v) is 7.15. The molecule has 0 spiro atoms. The molecule has 0 aliphatic heterocycles. The van der Waals surface area contributed by atoms with E-state index >= 15 is 0 Å². The molecule has 0 fully saturated rings. The van der Waals surface area contributed by atoms with Crippen molar-refractivity contribution in [1.82, 2.24) is 4.98 Å². The SMILES string of the molecule is CC(C)(C)Cc1csc2cc3cc[nH]c(=O)c3cc12. The summed E-state index contributed by atoms with van der Waals surface area (Å²) in [6, 6.07) is 6.12. The summed E-state index contributed by atoms with van der Waals surface area (Å²) < 4.78 is 1.26. The van der Waals surface area contributed by atoms with Gasteiger partial charge in [-0.1, -0.05) is 20.8 Å². The molecular formula is C16H17NOS. The van der Waals surface area contributed by atoms with E-state index in [-0.39, 0.29) is 11.0 Å². The van der Waals surface area contributed by atoms with Crippen LogP contribution in [0.25, 0.3) is 20.9 Å².